The van der Waals surface area contributed by atoms with Crippen molar-refractivity contribution in [1.29, 1.82) is 0 Å². The van der Waals surface area contributed by atoms with Crippen LogP contribution in [0.5, 0.6) is 11.6 Å². The Bertz CT molecular complexity index is 695. The quantitative estimate of drug-likeness (QED) is 0.733. The summed E-state index contributed by atoms with van der Waals surface area (Å²) in [4.78, 5) is 7.51. The molecule has 0 unspecified atom stereocenters. The van der Waals surface area contributed by atoms with Crippen LogP contribution in [0.4, 0.5) is 0 Å². The number of aromatic amines is 1. The van der Waals surface area contributed by atoms with Crippen LogP contribution < -0.4 is 4.74 Å². The number of nitrogens with one attached hydrogen (secondary N) is 1. The summed E-state index contributed by atoms with van der Waals surface area (Å²) in [6.07, 6.45) is 3.73. The van der Waals surface area contributed by atoms with Gasteiger partial charge in [-0.2, -0.15) is 0 Å². The largest absolute Gasteiger partial charge is 0.438 e. The predicted molar refractivity (Wildman–Crippen MR) is 72.1 cm³/mol. The lowest BCUT2D eigenvalue weighted by molar-refractivity contribution is 0.467. The third kappa shape index (κ3) is 1.74. The zero-order valence-electron chi connectivity index (χ0n) is 10.4. The molecule has 0 aliphatic rings. The summed E-state index contributed by atoms with van der Waals surface area (Å²) in [5, 5.41) is 1.08. The molecule has 90 valence electrons. The number of benzene rings is 1. The molecule has 0 aliphatic heterocycles. The van der Waals surface area contributed by atoms with E-state index in [1.807, 2.05) is 43.5 Å². The molecule has 3 rings (SSSR count). The second-order valence-corrected chi connectivity index (χ2v) is 4.36. The van der Waals surface area contributed by atoms with Gasteiger partial charge in [-0.25, -0.2) is 0 Å². The van der Waals surface area contributed by atoms with Gasteiger partial charge in [0.2, 0.25) is 5.88 Å². The van der Waals surface area contributed by atoms with E-state index < -0.39 is 0 Å². The lowest BCUT2D eigenvalue weighted by Crippen LogP contribution is -1.89. The van der Waals surface area contributed by atoms with Gasteiger partial charge in [-0.05, 0) is 31.5 Å². The summed E-state index contributed by atoms with van der Waals surface area (Å²) in [5.74, 6) is 1.56. The van der Waals surface area contributed by atoms with Crippen molar-refractivity contribution in [3.63, 3.8) is 0 Å². The van der Waals surface area contributed by atoms with E-state index in [2.05, 4.69) is 16.9 Å². The fourth-order valence-corrected chi connectivity index (χ4v) is 1.94. The first-order valence-electron chi connectivity index (χ1n) is 5.92. The zero-order valence-corrected chi connectivity index (χ0v) is 10.4. The second-order valence-electron chi connectivity index (χ2n) is 4.36. The maximum Gasteiger partial charge on any atom is 0.200 e. The van der Waals surface area contributed by atoms with Crippen LogP contribution in [-0.4, -0.2) is 9.97 Å². The lowest BCUT2D eigenvalue weighted by atomic mass is 10.2. The van der Waals surface area contributed by atoms with Crippen molar-refractivity contribution in [2.45, 2.75) is 13.8 Å². The van der Waals surface area contributed by atoms with E-state index in [0.717, 1.165) is 28.1 Å². The number of hydrogen-bond donors (Lipinski definition) is 1. The molecule has 1 aromatic carbocycles. The number of H-pyrrole nitrogens is 1. The molecule has 1 N–H and O–H groups in total. The summed E-state index contributed by atoms with van der Waals surface area (Å²) in [7, 11) is 0. The molecule has 0 saturated carbocycles. The molecule has 0 amide bonds. The molecule has 0 atom stereocenters. The smallest absolute Gasteiger partial charge is 0.200 e. The number of para-hydroxylation sites is 1. The Morgan fingerprint density at radius 2 is 1.94 bits per heavy atom. The van der Waals surface area contributed by atoms with E-state index >= 15 is 0 Å². The Balaban J connectivity index is 2.08. The van der Waals surface area contributed by atoms with Gasteiger partial charge in [0.25, 0.3) is 0 Å². The van der Waals surface area contributed by atoms with E-state index in [4.69, 9.17) is 4.74 Å². The van der Waals surface area contributed by atoms with E-state index in [1.165, 1.54) is 5.56 Å². The number of hydrogen-bond acceptors (Lipinski definition) is 2. The Morgan fingerprint density at radius 1 is 1.11 bits per heavy atom. The van der Waals surface area contributed by atoms with Gasteiger partial charge in [0.15, 0.2) is 5.75 Å². The minimum atomic E-state index is 0.776. The molecule has 2 aromatic heterocycles. The highest BCUT2D eigenvalue weighted by atomic mass is 16.5. The van der Waals surface area contributed by atoms with Crippen molar-refractivity contribution >= 4 is 10.9 Å². The summed E-state index contributed by atoms with van der Waals surface area (Å²) in [6.45, 7) is 4.10. The zero-order chi connectivity index (χ0) is 12.5. The average molecular weight is 238 g/mol. The van der Waals surface area contributed by atoms with Gasteiger partial charge >= 0.3 is 0 Å². The number of fused-ring (bicyclic) bond motifs is 1. The van der Waals surface area contributed by atoms with Crippen LogP contribution >= 0.6 is 0 Å². The molecule has 0 aliphatic carbocycles. The number of ether oxygens (including phenoxy) is 1. The van der Waals surface area contributed by atoms with Crippen molar-refractivity contribution in [3.05, 3.63) is 53.9 Å². The third-order valence-electron chi connectivity index (χ3n) is 3.16. The van der Waals surface area contributed by atoms with Crippen molar-refractivity contribution in [3.8, 4) is 11.6 Å². The van der Waals surface area contributed by atoms with Crippen molar-refractivity contribution in [2.24, 2.45) is 0 Å². The first-order chi connectivity index (χ1) is 8.75. The first-order valence-corrected chi connectivity index (χ1v) is 5.92. The van der Waals surface area contributed by atoms with Crippen LogP contribution in [-0.2, 0) is 0 Å². The molecule has 3 nitrogen and oxygen atoms in total. The molecular weight excluding hydrogens is 224 g/mol. The predicted octanol–water partition coefficient (Wildman–Crippen LogP) is 3.97. The normalized spacial score (nSPS) is 10.8. The standard InChI is InChI=1S/C15H14N2O/c1-10-9-17-15(11(10)2)18-13-7-3-5-12-6-4-8-16-14(12)13/h3-9,17H,1-2H3. The van der Waals surface area contributed by atoms with Gasteiger partial charge in [-0.1, -0.05) is 18.2 Å². The van der Waals surface area contributed by atoms with Gasteiger partial charge in [0.05, 0.1) is 0 Å². The van der Waals surface area contributed by atoms with Gasteiger partial charge in [0, 0.05) is 23.3 Å². The number of rotatable bonds is 2. The fourth-order valence-electron chi connectivity index (χ4n) is 1.94. The molecule has 3 heteroatoms. The van der Waals surface area contributed by atoms with Crippen LogP contribution in [0.3, 0.4) is 0 Å². The Morgan fingerprint density at radius 3 is 2.72 bits per heavy atom. The SMILES string of the molecule is Cc1c[nH]c(Oc2cccc3cccnc23)c1C. The van der Waals surface area contributed by atoms with Crippen molar-refractivity contribution < 1.29 is 4.74 Å². The average Bonchev–Trinajstić information content (AvgIpc) is 2.71. The maximum absolute atomic E-state index is 5.93. The monoisotopic (exact) mass is 238 g/mol. The summed E-state index contributed by atoms with van der Waals surface area (Å²) in [5.41, 5.74) is 3.20. The summed E-state index contributed by atoms with van der Waals surface area (Å²) in [6, 6.07) is 9.90. The molecule has 0 spiro atoms. The van der Waals surface area contributed by atoms with E-state index in [9.17, 15) is 0 Å². The number of aromatic nitrogens is 2. The molecule has 0 bridgehead atoms. The molecular formula is C15H14N2O. The highest BCUT2D eigenvalue weighted by Crippen LogP contribution is 2.30. The van der Waals surface area contributed by atoms with Gasteiger partial charge in [-0.15, -0.1) is 0 Å². The van der Waals surface area contributed by atoms with E-state index in [0.29, 0.717) is 0 Å². The number of nitrogens with zero attached hydrogens (tertiary/aromatic N) is 1. The van der Waals surface area contributed by atoms with Crippen LogP contribution in [0.15, 0.2) is 42.7 Å². The van der Waals surface area contributed by atoms with Crippen LogP contribution in [0.25, 0.3) is 10.9 Å². The maximum atomic E-state index is 5.93. The summed E-state index contributed by atoms with van der Waals surface area (Å²) < 4.78 is 5.93. The van der Waals surface area contributed by atoms with Crippen molar-refractivity contribution in [1.82, 2.24) is 9.97 Å². The topological polar surface area (TPSA) is 37.9 Å². The van der Waals surface area contributed by atoms with Gasteiger partial charge in [-0.3, -0.25) is 4.98 Å². The molecule has 0 radical (unpaired) electrons. The Kier molecular flexibility index (Phi) is 2.52. The van der Waals surface area contributed by atoms with E-state index in [-0.39, 0.29) is 0 Å². The molecule has 3 aromatic rings. The highest BCUT2D eigenvalue weighted by molar-refractivity contribution is 5.84. The van der Waals surface area contributed by atoms with Gasteiger partial charge < -0.3 is 9.72 Å². The number of aryl methyl sites for hydroxylation is 1. The van der Waals surface area contributed by atoms with Crippen LogP contribution in [0.1, 0.15) is 11.1 Å². The van der Waals surface area contributed by atoms with E-state index in [1.54, 1.807) is 6.20 Å². The third-order valence-corrected chi connectivity index (χ3v) is 3.16. The molecule has 18 heavy (non-hydrogen) atoms. The minimum absolute atomic E-state index is 0.776. The molecule has 0 fully saturated rings. The lowest BCUT2D eigenvalue weighted by Gasteiger charge is -2.07. The van der Waals surface area contributed by atoms with Gasteiger partial charge in [0.1, 0.15) is 5.52 Å². The Labute approximate surface area is 105 Å². The molecule has 2 heterocycles. The molecule has 0 saturated heterocycles. The van der Waals surface area contributed by atoms with Crippen molar-refractivity contribution in [2.75, 3.05) is 0 Å². The second kappa shape index (κ2) is 4.18. The first kappa shape index (κ1) is 10.8. The van der Waals surface area contributed by atoms with Crippen LogP contribution in [0, 0.1) is 13.8 Å². The fraction of sp³-hybridized carbons (Fsp3) is 0.133. The van der Waals surface area contributed by atoms with Crippen LogP contribution in [0.2, 0.25) is 0 Å². The minimum Gasteiger partial charge on any atom is -0.438 e. The highest BCUT2D eigenvalue weighted by Gasteiger charge is 2.08. The summed E-state index contributed by atoms with van der Waals surface area (Å²) >= 11 is 0. The number of pyridine rings is 1. The Hall–Kier alpha value is -2.29.